The number of ether oxygens (including phenoxy) is 3. The molecule has 0 atom stereocenters. The van der Waals surface area contributed by atoms with Crippen LogP contribution in [0.15, 0.2) is 95.9 Å². The van der Waals surface area contributed by atoms with Crippen molar-refractivity contribution in [2.45, 2.75) is 68.6 Å². The van der Waals surface area contributed by atoms with Crippen LogP contribution in [0, 0.1) is 10.8 Å². The van der Waals surface area contributed by atoms with E-state index in [1.54, 1.807) is 26.0 Å². The topological polar surface area (TPSA) is 27.7 Å². The largest absolute Gasteiger partial charge is 0.497 e. The second-order valence-corrected chi connectivity index (χ2v) is 17.1. The molecule has 0 N–H and O–H groups in total. The molecule has 50 heavy (non-hydrogen) atoms. The predicted octanol–water partition coefficient (Wildman–Crippen LogP) is 11.9. The van der Waals surface area contributed by atoms with Gasteiger partial charge in [0.1, 0.15) is 17.2 Å². The van der Waals surface area contributed by atoms with Gasteiger partial charge in [-0.2, -0.15) is 12.6 Å². The summed E-state index contributed by atoms with van der Waals surface area (Å²) in [4.78, 5) is 1.23. The van der Waals surface area contributed by atoms with Crippen LogP contribution >= 0.6 is 24.4 Å². The van der Waals surface area contributed by atoms with E-state index in [0.29, 0.717) is 5.75 Å². The zero-order valence-corrected chi connectivity index (χ0v) is 31.9. The van der Waals surface area contributed by atoms with Gasteiger partial charge in [-0.15, -0.1) is 11.8 Å². The summed E-state index contributed by atoms with van der Waals surface area (Å²) in [6.45, 7) is 9.88. The third kappa shape index (κ3) is 5.02. The summed E-state index contributed by atoms with van der Waals surface area (Å²) in [5, 5.41) is 2.39. The number of thiol groups is 1. The fraction of sp³-hybridized carbons (Fsp3) is 0.333. The van der Waals surface area contributed by atoms with Crippen molar-refractivity contribution in [3.63, 3.8) is 0 Å². The van der Waals surface area contributed by atoms with Crippen molar-refractivity contribution < 1.29 is 14.2 Å². The Hall–Kier alpha value is -3.80. The summed E-state index contributed by atoms with van der Waals surface area (Å²) in [5.74, 6) is 3.25. The van der Waals surface area contributed by atoms with E-state index in [2.05, 4.69) is 107 Å². The van der Waals surface area contributed by atoms with Crippen LogP contribution in [-0.4, -0.2) is 20.5 Å². The Bertz CT molecular complexity index is 2100. The van der Waals surface area contributed by atoms with E-state index in [1.807, 2.05) is 24.3 Å². The maximum absolute atomic E-state index is 7.69. The maximum Gasteiger partial charge on any atom is 0.178 e. The molecule has 3 aliphatic rings. The van der Waals surface area contributed by atoms with Crippen LogP contribution < -0.4 is 14.2 Å². The number of benzene rings is 5. The molecule has 1 saturated carbocycles. The Labute approximate surface area is 306 Å². The highest BCUT2D eigenvalue weighted by molar-refractivity contribution is 7.98. The van der Waals surface area contributed by atoms with Gasteiger partial charge in [-0.3, -0.25) is 0 Å². The van der Waals surface area contributed by atoms with E-state index in [-0.39, 0.29) is 16.2 Å². The number of hydrogen-bond donors (Lipinski definition) is 1. The number of thioether (sulfide) groups is 1. The Morgan fingerprint density at radius 2 is 1.36 bits per heavy atom. The fourth-order valence-corrected chi connectivity index (χ4v) is 11.2. The van der Waals surface area contributed by atoms with Crippen LogP contribution in [0.5, 0.6) is 17.2 Å². The molecule has 0 radical (unpaired) electrons. The molecule has 0 saturated heterocycles. The number of fused-ring (bicyclic) bond motifs is 10. The molecule has 3 nitrogen and oxygen atoms in total. The van der Waals surface area contributed by atoms with Crippen molar-refractivity contribution in [1.82, 2.24) is 0 Å². The number of methoxy groups -OCH3 is 2. The van der Waals surface area contributed by atoms with Gasteiger partial charge in [-0.1, -0.05) is 82.3 Å². The molecule has 1 spiro atoms. The van der Waals surface area contributed by atoms with Gasteiger partial charge in [-0.25, -0.2) is 0 Å². The van der Waals surface area contributed by atoms with Crippen LogP contribution in [0.2, 0.25) is 0 Å². The Morgan fingerprint density at radius 3 is 1.92 bits per heavy atom. The fourth-order valence-electron chi connectivity index (χ4n) is 10.2. The second-order valence-electron chi connectivity index (χ2n) is 16.0. The second kappa shape index (κ2) is 11.9. The molecular formula is C45H46O3S2. The van der Waals surface area contributed by atoms with Gasteiger partial charge in [-0.05, 0) is 112 Å². The highest BCUT2D eigenvalue weighted by Crippen LogP contribution is 2.67. The van der Waals surface area contributed by atoms with Crippen molar-refractivity contribution in [3.8, 4) is 28.4 Å². The first-order valence-electron chi connectivity index (χ1n) is 17.6. The normalized spacial score (nSPS) is 18.6. The molecule has 5 heteroatoms. The first-order valence-corrected chi connectivity index (χ1v) is 19.4. The molecule has 5 aromatic carbocycles. The molecule has 0 unspecified atom stereocenters. The minimum Gasteiger partial charge on any atom is -0.497 e. The molecule has 1 aliphatic heterocycles. The van der Waals surface area contributed by atoms with Gasteiger partial charge in [0.05, 0.1) is 14.2 Å². The molecule has 1 fully saturated rings. The van der Waals surface area contributed by atoms with Crippen molar-refractivity contribution in [3.05, 3.63) is 124 Å². The molecular weight excluding hydrogens is 653 g/mol. The molecule has 0 bridgehead atoms. The van der Waals surface area contributed by atoms with Crippen LogP contribution in [0.4, 0.5) is 0 Å². The first kappa shape index (κ1) is 33.3. The van der Waals surface area contributed by atoms with Gasteiger partial charge >= 0.3 is 0 Å². The summed E-state index contributed by atoms with van der Waals surface area (Å²) >= 11 is 6.61. The zero-order chi connectivity index (χ0) is 35.1. The van der Waals surface area contributed by atoms with E-state index in [1.165, 1.54) is 50.1 Å². The lowest BCUT2D eigenvalue weighted by Crippen LogP contribution is -2.44. The lowest BCUT2D eigenvalue weighted by atomic mass is 9.52. The lowest BCUT2D eigenvalue weighted by Gasteiger charge is -2.52. The van der Waals surface area contributed by atoms with Crippen molar-refractivity contribution in [2.75, 3.05) is 20.5 Å². The number of hydrogen-bond acceptors (Lipinski definition) is 5. The molecule has 8 rings (SSSR count). The lowest BCUT2D eigenvalue weighted by molar-refractivity contribution is 0.0642. The Morgan fingerprint density at radius 1 is 0.760 bits per heavy atom. The summed E-state index contributed by atoms with van der Waals surface area (Å²) in [7, 11) is 3.41. The summed E-state index contributed by atoms with van der Waals surface area (Å²) < 4.78 is 18.9. The van der Waals surface area contributed by atoms with Crippen LogP contribution in [0.1, 0.15) is 80.3 Å². The third-order valence-electron chi connectivity index (χ3n) is 11.4. The average molecular weight is 699 g/mol. The minimum absolute atomic E-state index is 0.150. The molecule has 5 aromatic rings. The van der Waals surface area contributed by atoms with E-state index in [4.69, 9.17) is 26.8 Å². The highest BCUT2D eigenvalue weighted by Gasteiger charge is 2.55. The summed E-state index contributed by atoms with van der Waals surface area (Å²) in [6.07, 6.45) is 10.2. The average Bonchev–Trinajstić information content (AvgIpc) is 3.38. The number of rotatable bonds is 6. The van der Waals surface area contributed by atoms with Crippen LogP contribution in [0.3, 0.4) is 0 Å². The highest BCUT2D eigenvalue weighted by atomic mass is 32.2. The van der Waals surface area contributed by atoms with Crippen LogP contribution in [-0.2, 0) is 16.8 Å². The molecule has 2 aliphatic carbocycles. The van der Waals surface area contributed by atoms with Crippen molar-refractivity contribution >= 4 is 41.2 Å². The van der Waals surface area contributed by atoms with E-state index in [9.17, 15) is 0 Å². The standard InChI is InChI=1S/C45H46O3S2/c1-42(2)25-43(3,4)27-44(26-42)37-11-9-8-10-33(37)39-35-22-28(24-49)38(50-7)23-36(35)41-34(40(39)44)20-21-45(48-41,29-12-16-31(46-5)17-13-29)30-14-18-32(47-6)19-15-30/h8-23,49H,24-27H2,1-7H3. The first-order chi connectivity index (χ1) is 24.0. The van der Waals surface area contributed by atoms with Gasteiger partial charge in [0.15, 0.2) is 5.60 Å². The van der Waals surface area contributed by atoms with E-state index < -0.39 is 5.60 Å². The smallest absolute Gasteiger partial charge is 0.178 e. The monoisotopic (exact) mass is 698 g/mol. The van der Waals surface area contributed by atoms with Gasteiger partial charge < -0.3 is 14.2 Å². The van der Waals surface area contributed by atoms with E-state index >= 15 is 0 Å². The Balaban J connectivity index is 1.49. The summed E-state index contributed by atoms with van der Waals surface area (Å²) in [5.41, 5.74) is 9.44. The summed E-state index contributed by atoms with van der Waals surface area (Å²) in [6, 6.07) is 30.6. The van der Waals surface area contributed by atoms with Gasteiger partial charge in [0, 0.05) is 38.1 Å². The SMILES string of the molecule is COc1ccc(C2(c3ccc(OC)cc3)C=Cc3c4c(c5cc(CS)c(SC)cc5c3O2)-c2ccccc2C42CC(C)(C)CC(C)(C)C2)cc1. The maximum atomic E-state index is 7.69. The predicted molar refractivity (Wildman–Crippen MR) is 212 cm³/mol. The molecule has 0 aromatic heterocycles. The quantitative estimate of drug-likeness (QED) is 0.141. The molecule has 0 amide bonds. The minimum atomic E-state index is -0.877. The van der Waals surface area contributed by atoms with Gasteiger partial charge in [0.2, 0.25) is 0 Å². The zero-order valence-electron chi connectivity index (χ0n) is 30.1. The van der Waals surface area contributed by atoms with E-state index in [0.717, 1.165) is 46.6 Å². The van der Waals surface area contributed by atoms with Crippen molar-refractivity contribution in [2.24, 2.45) is 10.8 Å². The van der Waals surface area contributed by atoms with Crippen LogP contribution in [0.25, 0.3) is 28.0 Å². The molecule has 1 heterocycles. The van der Waals surface area contributed by atoms with Gasteiger partial charge in [0.25, 0.3) is 0 Å². The molecule has 256 valence electrons. The van der Waals surface area contributed by atoms with Crippen molar-refractivity contribution in [1.29, 1.82) is 0 Å². The Kier molecular flexibility index (Phi) is 7.93. The third-order valence-corrected chi connectivity index (χ3v) is 12.5.